The summed E-state index contributed by atoms with van der Waals surface area (Å²) in [5.74, 6) is -0.759. The summed E-state index contributed by atoms with van der Waals surface area (Å²) in [6.45, 7) is 0.828. The van der Waals surface area contributed by atoms with Crippen LogP contribution in [0.5, 0.6) is 0 Å². The van der Waals surface area contributed by atoms with Gasteiger partial charge in [0.15, 0.2) is 0 Å². The number of hydrogen-bond acceptors (Lipinski definition) is 3. The average molecular weight is 354 g/mol. The van der Waals surface area contributed by atoms with Crippen LogP contribution in [0.25, 0.3) is 0 Å². The first-order chi connectivity index (χ1) is 12.6. The number of halogens is 1. The molecule has 0 saturated carbocycles. The van der Waals surface area contributed by atoms with E-state index in [0.717, 1.165) is 5.56 Å². The Morgan fingerprint density at radius 3 is 2.58 bits per heavy atom. The summed E-state index contributed by atoms with van der Waals surface area (Å²) in [6, 6.07) is 15.1. The van der Waals surface area contributed by atoms with Crippen LogP contribution in [0.15, 0.2) is 54.6 Å². The van der Waals surface area contributed by atoms with E-state index in [-0.39, 0.29) is 42.3 Å². The Bertz CT molecular complexity index is 810. The Balaban J connectivity index is 1.66. The maximum absolute atomic E-state index is 13.2. The first-order valence-corrected chi connectivity index (χ1v) is 8.63. The van der Waals surface area contributed by atoms with Gasteiger partial charge in [-0.05, 0) is 29.8 Å². The zero-order chi connectivity index (χ0) is 18.1. The van der Waals surface area contributed by atoms with Gasteiger partial charge in [0.05, 0.1) is 12.1 Å². The molecule has 2 heterocycles. The van der Waals surface area contributed by atoms with Crippen molar-refractivity contribution in [2.45, 2.75) is 18.1 Å². The molecule has 2 aromatic rings. The van der Waals surface area contributed by atoms with Crippen LogP contribution in [-0.4, -0.2) is 48.6 Å². The van der Waals surface area contributed by atoms with Crippen LogP contribution in [0, 0.1) is 5.82 Å². The van der Waals surface area contributed by atoms with E-state index in [4.69, 9.17) is 4.74 Å². The highest BCUT2D eigenvalue weighted by atomic mass is 19.1. The summed E-state index contributed by atoms with van der Waals surface area (Å²) in [6.07, 6.45) is -0.263. The van der Waals surface area contributed by atoms with Gasteiger partial charge in [0, 0.05) is 24.6 Å². The molecule has 4 rings (SSSR count). The molecule has 0 radical (unpaired) electrons. The second-order valence-corrected chi connectivity index (χ2v) is 6.63. The zero-order valence-corrected chi connectivity index (χ0v) is 14.1. The van der Waals surface area contributed by atoms with Gasteiger partial charge in [-0.25, -0.2) is 4.39 Å². The molecule has 0 bridgehead atoms. The minimum absolute atomic E-state index is 0.0108. The van der Waals surface area contributed by atoms with Gasteiger partial charge in [-0.3, -0.25) is 9.59 Å². The quantitative estimate of drug-likeness (QED) is 0.897. The van der Waals surface area contributed by atoms with E-state index in [1.807, 2.05) is 30.3 Å². The summed E-state index contributed by atoms with van der Waals surface area (Å²) < 4.78 is 19.1. The first-order valence-electron chi connectivity index (χ1n) is 8.63. The Kier molecular flexibility index (Phi) is 4.42. The number of hydrogen-bond donors (Lipinski definition) is 1. The van der Waals surface area contributed by atoms with Gasteiger partial charge in [-0.1, -0.05) is 30.3 Å². The summed E-state index contributed by atoms with van der Waals surface area (Å²) >= 11 is 0. The number of nitrogens with one attached hydrogen (secondary N) is 1. The third kappa shape index (κ3) is 3.08. The molecule has 3 atom stereocenters. The van der Waals surface area contributed by atoms with Gasteiger partial charge in [0.25, 0.3) is 5.91 Å². The molecule has 0 spiro atoms. The fourth-order valence-electron chi connectivity index (χ4n) is 3.78. The molecule has 1 N–H and O–H groups in total. The van der Waals surface area contributed by atoms with Gasteiger partial charge < -0.3 is 15.0 Å². The van der Waals surface area contributed by atoms with Gasteiger partial charge in [0.1, 0.15) is 12.4 Å². The Morgan fingerprint density at radius 1 is 1.12 bits per heavy atom. The zero-order valence-electron chi connectivity index (χ0n) is 14.1. The van der Waals surface area contributed by atoms with Crippen LogP contribution in [0.4, 0.5) is 4.39 Å². The van der Waals surface area contributed by atoms with Crippen molar-refractivity contribution in [3.8, 4) is 0 Å². The Labute approximate surface area is 150 Å². The number of nitrogens with zero attached hydrogens (tertiary/aromatic N) is 1. The molecule has 2 aliphatic heterocycles. The van der Waals surface area contributed by atoms with Gasteiger partial charge in [-0.2, -0.15) is 0 Å². The number of benzene rings is 2. The van der Waals surface area contributed by atoms with Crippen molar-refractivity contribution in [2.75, 3.05) is 19.7 Å². The molecule has 6 heteroatoms. The van der Waals surface area contributed by atoms with Crippen LogP contribution in [0.2, 0.25) is 0 Å². The fourth-order valence-corrected chi connectivity index (χ4v) is 3.78. The topological polar surface area (TPSA) is 58.6 Å². The second kappa shape index (κ2) is 6.88. The largest absolute Gasteiger partial charge is 0.365 e. The SMILES string of the molecule is O=C1CO[C@@H]2[C@@H](c3ccccc3)CN(C(=O)c3ccc(F)cc3)[C@@H]2CN1. The van der Waals surface area contributed by atoms with Crippen molar-refractivity contribution < 1.29 is 18.7 Å². The fraction of sp³-hybridized carbons (Fsp3) is 0.300. The van der Waals surface area contributed by atoms with Crippen molar-refractivity contribution >= 4 is 11.8 Å². The number of rotatable bonds is 2. The molecule has 0 aliphatic carbocycles. The van der Waals surface area contributed by atoms with Crippen molar-refractivity contribution in [2.24, 2.45) is 0 Å². The third-order valence-corrected chi connectivity index (χ3v) is 5.06. The summed E-state index contributed by atoms with van der Waals surface area (Å²) in [7, 11) is 0. The number of likely N-dealkylation sites (tertiary alicyclic amines) is 1. The molecule has 2 fully saturated rings. The van der Waals surface area contributed by atoms with E-state index >= 15 is 0 Å². The normalized spacial score (nSPS) is 25.3. The summed E-state index contributed by atoms with van der Waals surface area (Å²) in [4.78, 5) is 26.5. The van der Waals surface area contributed by atoms with Gasteiger partial charge in [0.2, 0.25) is 5.91 Å². The van der Waals surface area contributed by atoms with Gasteiger partial charge in [-0.15, -0.1) is 0 Å². The maximum Gasteiger partial charge on any atom is 0.254 e. The second-order valence-electron chi connectivity index (χ2n) is 6.63. The van der Waals surface area contributed by atoms with E-state index in [1.165, 1.54) is 24.3 Å². The number of carbonyl (C=O) groups excluding carboxylic acids is 2. The molecule has 2 aromatic carbocycles. The lowest BCUT2D eigenvalue weighted by Gasteiger charge is -2.26. The molecule has 5 nitrogen and oxygen atoms in total. The van der Waals surface area contributed by atoms with Gasteiger partial charge >= 0.3 is 0 Å². The van der Waals surface area contributed by atoms with Crippen molar-refractivity contribution in [1.29, 1.82) is 0 Å². The van der Waals surface area contributed by atoms with Crippen LogP contribution in [0.1, 0.15) is 21.8 Å². The molecular formula is C20H19FN2O3. The monoisotopic (exact) mass is 354 g/mol. The van der Waals surface area contributed by atoms with E-state index in [9.17, 15) is 14.0 Å². The van der Waals surface area contributed by atoms with Crippen molar-refractivity contribution in [3.63, 3.8) is 0 Å². The smallest absolute Gasteiger partial charge is 0.254 e. The van der Waals surface area contributed by atoms with E-state index < -0.39 is 0 Å². The molecule has 2 saturated heterocycles. The lowest BCUT2D eigenvalue weighted by Crippen LogP contribution is -2.45. The Morgan fingerprint density at radius 2 is 1.85 bits per heavy atom. The predicted molar refractivity (Wildman–Crippen MR) is 93.2 cm³/mol. The highest BCUT2D eigenvalue weighted by Crippen LogP contribution is 2.35. The van der Waals surface area contributed by atoms with E-state index in [2.05, 4.69) is 5.32 Å². The average Bonchev–Trinajstić information content (AvgIpc) is 2.93. The maximum atomic E-state index is 13.2. The number of amides is 2. The lowest BCUT2D eigenvalue weighted by molar-refractivity contribution is -0.125. The summed E-state index contributed by atoms with van der Waals surface area (Å²) in [5, 5.41) is 2.82. The molecule has 134 valence electrons. The minimum atomic E-state index is -0.381. The summed E-state index contributed by atoms with van der Waals surface area (Å²) in [5.41, 5.74) is 1.50. The number of ether oxygens (including phenoxy) is 1. The lowest BCUT2D eigenvalue weighted by atomic mass is 9.93. The number of fused-ring (bicyclic) bond motifs is 1. The van der Waals surface area contributed by atoms with E-state index in [1.54, 1.807) is 4.90 Å². The van der Waals surface area contributed by atoms with Crippen molar-refractivity contribution in [3.05, 3.63) is 71.5 Å². The molecule has 0 aromatic heterocycles. The van der Waals surface area contributed by atoms with Crippen molar-refractivity contribution in [1.82, 2.24) is 10.2 Å². The molecule has 26 heavy (non-hydrogen) atoms. The first kappa shape index (κ1) is 16.7. The highest BCUT2D eigenvalue weighted by Gasteiger charge is 2.46. The van der Waals surface area contributed by atoms with Crippen LogP contribution >= 0.6 is 0 Å². The van der Waals surface area contributed by atoms with Crippen LogP contribution in [-0.2, 0) is 9.53 Å². The standard InChI is InChI=1S/C20H19FN2O3/c21-15-8-6-14(7-9-15)20(25)23-11-16(13-4-2-1-3-5-13)19-17(23)10-22-18(24)12-26-19/h1-9,16-17,19H,10-12H2,(H,22,24)/t16-,17-,19-/m1/s1. The predicted octanol–water partition coefficient (Wildman–Crippen LogP) is 1.95. The van der Waals surface area contributed by atoms with Crippen LogP contribution in [0.3, 0.4) is 0 Å². The third-order valence-electron chi connectivity index (χ3n) is 5.06. The van der Waals surface area contributed by atoms with E-state index in [0.29, 0.717) is 18.7 Å². The molecule has 2 aliphatic rings. The molecule has 2 amide bonds. The Hall–Kier alpha value is -2.73. The number of carbonyl (C=O) groups is 2. The van der Waals surface area contributed by atoms with Crippen LogP contribution < -0.4 is 5.32 Å². The minimum Gasteiger partial charge on any atom is -0.365 e. The highest BCUT2D eigenvalue weighted by molar-refractivity contribution is 5.95. The molecule has 0 unspecified atom stereocenters. The molecular weight excluding hydrogens is 335 g/mol.